The molecular formula is C18H16F3N3O4S. The number of nitrogens with one attached hydrogen (secondary N) is 1. The van der Waals surface area contributed by atoms with Crippen LogP contribution in [0.5, 0.6) is 0 Å². The fraction of sp³-hybridized carbons (Fsp3) is 0.222. The van der Waals surface area contributed by atoms with Crippen LogP contribution < -0.4 is 10.3 Å². The van der Waals surface area contributed by atoms with E-state index < -0.39 is 38.3 Å². The summed E-state index contributed by atoms with van der Waals surface area (Å²) in [6, 6.07) is 8.74. The first kappa shape index (κ1) is 20.8. The third kappa shape index (κ3) is 4.74. The van der Waals surface area contributed by atoms with Gasteiger partial charge in [-0.05, 0) is 43.3 Å². The van der Waals surface area contributed by atoms with E-state index >= 15 is 0 Å². The molecule has 0 amide bonds. The first-order valence-electron chi connectivity index (χ1n) is 8.38. The Morgan fingerprint density at radius 3 is 2.59 bits per heavy atom. The van der Waals surface area contributed by atoms with Crippen molar-refractivity contribution < 1.29 is 26.0 Å². The Balaban J connectivity index is 1.79. The Bertz CT molecular complexity index is 1160. The molecule has 1 atom stereocenters. The number of alkyl halides is 3. The third-order valence-corrected chi connectivity index (χ3v) is 5.48. The zero-order chi connectivity index (χ0) is 21.2. The van der Waals surface area contributed by atoms with E-state index in [-0.39, 0.29) is 6.54 Å². The van der Waals surface area contributed by atoms with Gasteiger partial charge in [-0.25, -0.2) is 17.8 Å². The molecule has 0 aliphatic heterocycles. The van der Waals surface area contributed by atoms with Crippen molar-refractivity contribution >= 4 is 10.0 Å². The summed E-state index contributed by atoms with van der Waals surface area (Å²) in [5, 5.41) is 4.16. The van der Waals surface area contributed by atoms with Crippen LogP contribution in [0.1, 0.15) is 18.5 Å². The first-order valence-corrected chi connectivity index (χ1v) is 9.87. The molecule has 2 heterocycles. The summed E-state index contributed by atoms with van der Waals surface area (Å²) >= 11 is 0. The highest BCUT2D eigenvalue weighted by atomic mass is 32.2. The zero-order valence-corrected chi connectivity index (χ0v) is 15.9. The van der Waals surface area contributed by atoms with E-state index in [1.165, 1.54) is 18.4 Å². The van der Waals surface area contributed by atoms with Crippen LogP contribution in [0, 0.1) is 0 Å². The molecular weight excluding hydrogens is 411 g/mol. The van der Waals surface area contributed by atoms with Crippen molar-refractivity contribution in [1.82, 2.24) is 14.5 Å². The monoisotopic (exact) mass is 427 g/mol. The van der Waals surface area contributed by atoms with Crippen molar-refractivity contribution in [3.8, 4) is 11.5 Å². The molecule has 1 aromatic carbocycles. The second-order valence-electron chi connectivity index (χ2n) is 6.21. The summed E-state index contributed by atoms with van der Waals surface area (Å²) in [4.78, 5) is 11.6. The number of furan rings is 1. The van der Waals surface area contributed by atoms with Crippen LogP contribution in [0.15, 0.2) is 68.9 Å². The molecule has 0 aliphatic rings. The number of halogens is 3. The number of benzene rings is 1. The highest BCUT2D eigenvalue weighted by Gasteiger charge is 2.31. The molecule has 0 radical (unpaired) electrons. The summed E-state index contributed by atoms with van der Waals surface area (Å²) in [6.07, 6.45) is -3.22. The summed E-state index contributed by atoms with van der Waals surface area (Å²) in [5.74, 6) is 0.426. The van der Waals surface area contributed by atoms with Gasteiger partial charge in [-0.15, -0.1) is 0 Å². The van der Waals surface area contributed by atoms with Crippen LogP contribution in [0.25, 0.3) is 11.5 Å². The zero-order valence-electron chi connectivity index (χ0n) is 15.1. The van der Waals surface area contributed by atoms with Crippen molar-refractivity contribution in [3.05, 3.63) is 70.7 Å². The van der Waals surface area contributed by atoms with Crippen LogP contribution in [0.2, 0.25) is 0 Å². The molecule has 0 saturated heterocycles. The minimum atomic E-state index is -4.66. The number of rotatable bonds is 6. The molecule has 154 valence electrons. The molecule has 29 heavy (non-hydrogen) atoms. The van der Waals surface area contributed by atoms with E-state index in [4.69, 9.17) is 4.42 Å². The quantitative estimate of drug-likeness (QED) is 0.653. The van der Waals surface area contributed by atoms with Gasteiger partial charge in [0.2, 0.25) is 10.0 Å². The van der Waals surface area contributed by atoms with E-state index in [0.29, 0.717) is 17.5 Å². The highest BCUT2D eigenvalue weighted by molar-refractivity contribution is 7.89. The van der Waals surface area contributed by atoms with E-state index in [0.717, 1.165) is 22.9 Å². The van der Waals surface area contributed by atoms with Gasteiger partial charge in [-0.3, -0.25) is 4.79 Å². The molecule has 7 nitrogen and oxygen atoms in total. The highest BCUT2D eigenvalue weighted by Crippen LogP contribution is 2.30. The van der Waals surface area contributed by atoms with Crippen LogP contribution in [-0.4, -0.2) is 24.7 Å². The predicted octanol–water partition coefficient (Wildman–Crippen LogP) is 3.06. The Morgan fingerprint density at radius 1 is 1.17 bits per heavy atom. The average molecular weight is 427 g/mol. The number of hydrogen-bond donors (Lipinski definition) is 1. The van der Waals surface area contributed by atoms with Crippen molar-refractivity contribution in [2.75, 3.05) is 6.54 Å². The maximum atomic E-state index is 12.8. The van der Waals surface area contributed by atoms with Gasteiger partial charge in [0.1, 0.15) is 5.69 Å². The second-order valence-corrected chi connectivity index (χ2v) is 7.97. The lowest BCUT2D eigenvalue weighted by molar-refractivity contribution is -0.137. The van der Waals surface area contributed by atoms with Crippen LogP contribution in [-0.2, 0) is 16.2 Å². The van der Waals surface area contributed by atoms with Crippen molar-refractivity contribution in [1.29, 1.82) is 0 Å². The summed E-state index contributed by atoms with van der Waals surface area (Å²) in [7, 11) is -4.22. The lowest BCUT2D eigenvalue weighted by Gasteiger charge is -2.16. The first-order chi connectivity index (χ1) is 13.6. The normalized spacial score (nSPS) is 13.4. The van der Waals surface area contributed by atoms with E-state index in [1.54, 1.807) is 19.1 Å². The standard InChI is InChI=1S/C18H16F3N3O4S/c1-12(24-17(25)8-7-15(23-24)16-6-3-9-28-16)11-22-29(26,27)14-5-2-4-13(10-14)18(19,20)21/h2-10,12,22H,11H2,1H3. The number of aromatic nitrogens is 2. The van der Waals surface area contributed by atoms with Crippen molar-refractivity contribution in [2.45, 2.75) is 24.0 Å². The largest absolute Gasteiger partial charge is 0.463 e. The van der Waals surface area contributed by atoms with Crippen LogP contribution in [0.4, 0.5) is 13.2 Å². The molecule has 11 heteroatoms. The van der Waals surface area contributed by atoms with E-state index in [9.17, 15) is 26.4 Å². The molecule has 0 spiro atoms. The average Bonchev–Trinajstić information content (AvgIpc) is 3.21. The van der Waals surface area contributed by atoms with Gasteiger partial charge in [0.25, 0.3) is 5.56 Å². The van der Waals surface area contributed by atoms with Gasteiger partial charge >= 0.3 is 6.18 Å². The topological polar surface area (TPSA) is 94.2 Å². The van der Waals surface area contributed by atoms with Gasteiger partial charge in [0.15, 0.2) is 5.76 Å². The van der Waals surface area contributed by atoms with Gasteiger partial charge < -0.3 is 4.42 Å². The fourth-order valence-electron chi connectivity index (χ4n) is 2.54. The minimum Gasteiger partial charge on any atom is -0.463 e. The van der Waals surface area contributed by atoms with Gasteiger partial charge in [-0.2, -0.15) is 18.3 Å². The lowest BCUT2D eigenvalue weighted by Crippen LogP contribution is -2.35. The fourth-order valence-corrected chi connectivity index (χ4v) is 3.70. The summed E-state index contributed by atoms with van der Waals surface area (Å²) in [6.45, 7) is 1.29. The summed E-state index contributed by atoms with van der Waals surface area (Å²) < 4.78 is 71.7. The molecule has 0 bridgehead atoms. The molecule has 0 saturated carbocycles. The van der Waals surface area contributed by atoms with Crippen LogP contribution in [0.3, 0.4) is 0 Å². The SMILES string of the molecule is CC(CNS(=O)(=O)c1cccc(C(F)(F)F)c1)n1nc(-c2ccco2)ccc1=O. The second kappa shape index (κ2) is 7.84. The van der Waals surface area contributed by atoms with Crippen molar-refractivity contribution in [2.24, 2.45) is 0 Å². The molecule has 3 aromatic rings. The lowest BCUT2D eigenvalue weighted by atomic mass is 10.2. The Hall–Kier alpha value is -2.92. The maximum Gasteiger partial charge on any atom is 0.416 e. The predicted molar refractivity (Wildman–Crippen MR) is 97.5 cm³/mol. The van der Waals surface area contributed by atoms with Gasteiger partial charge in [-0.1, -0.05) is 6.07 Å². The molecule has 1 N–H and O–H groups in total. The Kier molecular flexibility index (Phi) is 5.62. The minimum absolute atomic E-state index is 0.257. The molecule has 1 unspecified atom stereocenters. The van der Waals surface area contributed by atoms with Gasteiger partial charge in [0, 0.05) is 12.6 Å². The number of sulfonamides is 1. The third-order valence-electron chi connectivity index (χ3n) is 4.06. The van der Waals surface area contributed by atoms with Crippen LogP contribution >= 0.6 is 0 Å². The molecule has 0 fully saturated rings. The maximum absolute atomic E-state index is 12.8. The smallest absolute Gasteiger partial charge is 0.416 e. The summed E-state index contributed by atoms with van der Waals surface area (Å²) in [5.41, 5.74) is -1.16. The molecule has 2 aromatic heterocycles. The number of nitrogens with zero attached hydrogens (tertiary/aromatic N) is 2. The molecule has 0 aliphatic carbocycles. The Morgan fingerprint density at radius 2 is 1.93 bits per heavy atom. The number of hydrogen-bond acceptors (Lipinski definition) is 5. The molecule has 3 rings (SSSR count). The van der Waals surface area contributed by atoms with E-state index in [1.807, 2.05) is 0 Å². The van der Waals surface area contributed by atoms with E-state index in [2.05, 4.69) is 9.82 Å². The van der Waals surface area contributed by atoms with Gasteiger partial charge in [0.05, 0.1) is 22.8 Å². The van der Waals surface area contributed by atoms with Crippen molar-refractivity contribution in [3.63, 3.8) is 0 Å². The Labute approximate surface area is 163 Å².